The van der Waals surface area contributed by atoms with Crippen LogP contribution in [0, 0.1) is 6.92 Å². The molecule has 1 aliphatic rings. The summed E-state index contributed by atoms with van der Waals surface area (Å²) in [6.45, 7) is 8.57. The molecule has 0 saturated carbocycles. The number of likely N-dealkylation sites (tertiary alicyclic amines) is 1. The Morgan fingerprint density at radius 3 is 2.86 bits per heavy atom. The quantitative estimate of drug-likeness (QED) is 0.852. The van der Waals surface area contributed by atoms with Gasteiger partial charge in [-0.2, -0.15) is 0 Å². The number of aryl methyl sites for hydroxylation is 1. The molecule has 3 nitrogen and oxygen atoms in total. The third-order valence-electron chi connectivity index (χ3n) is 4.73. The smallest absolute Gasteiger partial charge is 0.0468 e. The number of halogens is 1. The molecule has 1 aromatic carbocycles. The number of likely N-dealkylation sites (N-methyl/N-ethyl adjacent to an activating group) is 2. The Morgan fingerprint density at radius 1 is 1.48 bits per heavy atom. The zero-order valence-corrected chi connectivity index (χ0v) is 15.1. The van der Waals surface area contributed by atoms with E-state index in [1.807, 2.05) is 0 Å². The Balaban J connectivity index is 2.07. The molecular weight excluding hydrogens is 326 g/mol. The molecule has 21 heavy (non-hydrogen) atoms. The van der Waals surface area contributed by atoms with E-state index < -0.39 is 0 Å². The van der Waals surface area contributed by atoms with Gasteiger partial charge in [-0.25, -0.2) is 0 Å². The van der Waals surface area contributed by atoms with Crippen LogP contribution in [-0.4, -0.2) is 49.1 Å². The lowest BCUT2D eigenvalue weighted by molar-refractivity contribution is 0.166. The Bertz CT molecular complexity index is 463. The zero-order chi connectivity index (χ0) is 15.4. The van der Waals surface area contributed by atoms with Crippen molar-refractivity contribution < 1.29 is 0 Å². The van der Waals surface area contributed by atoms with Gasteiger partial charge in [0.25, 0.3) is 0 Å². The Hall–Kier alpha value is -0.420. The third kappa shape index (κ3) is 4.07. The second kappa shape index (κ2) is 7.73. The molecule has 118 valence electrons. The van der Waals surface area contributed by atoms with Crippen molar-refractivity contribution in [2.45, 2.75) is 38.8 Å². The number of hydrogen-bond donors (Lipinski definition) is 1. The zero-order valence-electron chi connectivity index (χ0n) is 13.5. The number of benzene rings is 1. The minimum atomic E-state index is 0.302. The largest absolute Gasteiger partial charge is 0.329 e. The van der Waals surface area contributed by atoms with Crippen molar-refractivity contribution in [1.82, 2.24) is 9.80 Å². The number of hydrogen-bond acceptors (Lipinski definition) is 3. The van der Waals surface area contributed by atoms with Gasteiger partial charge in [0.05, 0.1) is 0 Å². The second-order valence-corrected chi connectivity index (χ2v) is 6.98. The first-order valence-electron chi connectivity index (χ1n) is 7.97. The fraction of sp³-hybridized carbons (Fsp3) is 0.647. The van der Waals surface area contributed by atoms with Crippen LogP contribution in [0.3, 0.4) is 0 Å². The minimum absolute atomic E-state index is 0.302. The van der Waals surface area contributed by atoms with E-state index in [0.717, 1.165) is 17.6 Å². The number of nitrogens with zero attached hydrogens (tertiary/aromatic N) is 2. The van der Waals surface area contributed by atoms with E-state index >= 15 is 0 Å². The lowest BCUT2D eigenvalue weighted by Gasteiger charge is -2.33. The fourth-order valence-electron chi connectivity index (χ4n) is 3.42. The third-order valence-corrected chi connectivity index (χ3v) is 5.62. The SMILES string of the molecule is CCN1CCCC1CN(C)C(CN)c1ccc(Br)c(C)c1. The van der Waals surface area contributed by atoms with E-state index in [0.29, 0.717) is 18.6 Å². The van der Waals surface area contributed by atoms with Gasteiger partial charge in [-0.05, 0) is 57.1 Å². The van der Waals surface area contributed by atoms with Crippen molar-refractivity contribution in [3.8, 4) is 0 Å². The molecule has 2 N–H and O–H groups in total. The molecule has 0 aromatic heterocycles. The minimum Gasteiger partial charge on any atom is -0.329 e. The van der Waals surface area contributed by atoms with Crippen molar-refractivity contribution in [3.63, 3.8) is 0 Å². The summed E-state index contributed by atoms with van der Waals surface area (Å²) in [5.41, 5.74) is 8.66. The molecule has 2 unspecified atom stereocenters. The standard InChI is InChI=1S/C17H28BrN3/c1-4-21-9-5-6-15(21)12-20(3)17(11-19)14-7-8-16(18)13(2)10-14/h7-8,10,15,17H,4-6,9,11-12,19H2,1-3H3. The van der Waals surface area contributed by atoms with Crippen molar-refractivity contribution in [3.05, 3.63) is 33.8 Å². The van der Waals surface area contributed by atoms with Crippen LogP contribution >= 0.6 is 15.9 Å². The number of nitrogens with two attached hydrogens (primary N) is 1. The van der Waals surface area contributed by atoms with Crippen LogP contribution in [0.4, 0.5) is 0 Å². The normalized spacial score (nSPS) is 21.1. The van der Waals surface area contributed by atoms with Crippen LogP contribution in [0.15, 0.2) is 22.7 Å². The van der Waals surface area contributed by atoms with E-state index in [4.69, 9.17) is 5.73 Å². The molecular formula is C17H28BrN3. The predicted molar refractivity (Wildman–Crippen MR) is 93.6 cm³/mol. The molecule has 0 bridgehead atoms. The average molecular weight is 354 g/mol. The van der Waals surface area contributed by atoms with Gasteiger partial charge in [-0.1, -0.05) is 35.0 Å². The first-order chi connectivity index (χ1) is 10.1. The van der Waals surface area contributed by atoms with Crippen molar-refractivity contribution in [2.75, 3.05) is 33.2 Å². The monoisotopic (exact) mass is 353 g/mol. The van der Waals surface area contributed by atoms with Crippen LogP contribution in [0.2, 0.25) is 0 Å². The maximum atomic E-state index is 6.07. The highest BCUT2D eigenvalue weighted by Crippen LogP contribution is 2.26. The highest BCUT2D eigenvalue weighted by atomic mass is 79.9. The van der Waals surface area contributed by atoms with Gasteiger partial charge in [0.15, 0.2) is 0 Å². The van der Waals surface area contributed by atoms with Crippen molar-refractivity contribution in [2.24, 2.45) is 5.73 Å². The highest BCUT2D eigenvalue weighted by Gasteiger charge is 2.26. The van der Waals surface area contributed by atoms with Crippen LogP contribution in [0.25, 0.3) is 0 Å². The summed E-state index contributed by atoms with van der Waals surface area (Å²) in [5.74, 6) is 0. The van der Waals surface area contributed by atoms with Crippen LogP contribution < -0.4 is 5.73 Å². The first kappa shape index (κ1) is 16.9. The predicted octanol–water partition coefficient (Wildman–Crippen LogP) is 3.17. The Morgan fingerprint density at radius 2 is 2.24 bits per heavy atom. The molecule has 2 rings (SSSR count). The van der Waals surface area contributed by atoms with Crippen LogP contribution in [-0.2, 0) is 0 Å². The maximum Gasteiger partial charge on any atom is 0.0468 e. The van der Waals surface area contributed by atoms with Crippen molar-refractivity contribution in [1.29, 1.82) is 0 Å². The van der Waals surface area contributed by atoms with Gasteiger partial charge in [0.1, 0.15) is 0 Å². The Kier molecular flexibility index (Phi) is 6.23. The molecule has 1 heterocycles. The molecule has 2 atom stereocenters. The van der Waals surface area contributed by atoms with Gasteiger partial charge in [0, 0.05) is 29.6 Å². The molecule has 1 fully saturated rings. The Labute approximate surface area is 137 Å². The molecule has 0 aliphatic carbocycles. The summed E-state index contributed by atoms with van der Waals surface area (Å²) in [6.07, 6.45) is 2.64. The van der Waals surface area contributed by atoms with E-state index in [-0.39, 0.29) is 0 Å². The van der Waals surface area contributed by atoms with Crippen LogP contribution in [0.1, 0.15) is 36.9 Å². The van der Waals surface area contributed by atoms with E-state index in [9.17, 15) is 0 Å². The maximum absolute atomic E-state index is 6.07. The summed E-state index contributed by atoms with van der Waals surface area (Å²) in [4.78, 5) is 5.03. The topological polar surface area (TPSA) is 32.5 Å². The molecule has 1 saturated heterocycles. The summed E-state index contributed by atoms with van der Waals surface area (Å²) in [7, 11) is 2.21. The molecule has 1 aliphatic heterocycles. The van der Waals surface area contributed by atoms with E-state index in [2.05, 4.69) is 64.8 Å². The molecule has 0 spiro atoms. The first-order valence-corrected chi connectivity index (χ1v) is 8.76. The summed E-state index contributed by atoms with van der Waals surface area (Å²) in [5, 5.41) is 0. The van der Waals surface area contributed by atoms with Crippen LogP contribution in [0.5, 0.6) is 0 Å². The molecule has 4 heteroatoms. The second-order valence-electron chi connectivity index (χ2n) is 6.12. The lowest BCUT2D eigenvalue weighted by atomic mass is 10.0. The summed E-state index contributed by atoms with van der Waals surface area (Å²) < 4.78 is 1.16. The fourth-order valence-corrected chi connectivity index (χ4v) is 3.67. The lowest BCUT2D eigenvalue weighted by Crippen LogP contribution is -2.41. The van der Waals surface area contributed by atoms with E-state index in [1.165, 1.54) is 30.5 Å². The van der Waals surface area contributed by atoms with Gasteiger partial charge < -0.3 is 5.73 Å². The van der Waals surface area contributed by atoms with Crippen molar-refractivity contribution >= 4 is 15.9 Å². The number of rotatable bonds is 6. The molecule has 0 amide bonds. The molecule has 1 aromatic rings. The highest BCUT2D eigenvalue weighted by molar-refractivity contribution is 9.10. The summed E-state index contributed by atoms with van der Waals surface area (Å²) >= 11 is 3.57. The summed E-state index contributed by atoms with van der Waals surface area (Å²) in [6, 6.07) is 7.57. The van der Waals surface area contributed by atoms with Gasteiger partial charge in [0.2, 0.25) is 0 Å². The average Bonchev–Trinajstić information content (AvgIpc) is 2.90. The van der Waals surface area contributed by atoms with E-state index in [1.54, 1.807) is 0 Å². The molecule has 0 radical (unpaired) electrons. The van der Waals surface area contributed by atoms with Gasteiger partial charge >= 0.3 is 0 Å². The van der Waals surface area contributed by atoms with Gasteiger partial charge in [-0.15, -0.1) is 0 Å². The van der Waals surface area contributed by atoms with Gasteiger partial charge in [-0.3, -0.25) is 9.80 Å².